The summed E-state index contributed by atoms with van der Waals surface area (Å²) in [6, 6.07) is 17.0. The third kappa shape index (κ3) is 5.74. The van der Waals surface area contributed by atoms with Gasteiger partial charge in [-0.05, 0) is 54.4 Å². The van der Waals surface area contributed by atoms with Gasteiger partial charge in [0.25, 0.3) is 0 Å². The van der Waals surface area contributed by atoms with Crippen molar-refractivity contribution in [3.63, 3.8) is 0 Å². The third-order valence-electron chi connectivity index (χ3n) is 8.05. The topological polar surface area (TPSA) is 65.1 Å². The number of nitrogens with zero attached hydrogens (tertiary/aromatic N) is 1. The maximum atomic E-state index is 13.8. The number of methoxy groups -OCH3 is 1. The zero-order chi connectivity index (χ0) is 26.8. The van der Waals surface area contributed by atoms with Crippen LogP contribution in [0.1, 0.15) is 32.8 Å². The minimum absolute atomic E-state index is 0.00933. The number of benzene rings is 2. The molecule has 1 heterocycles. The molecular formula is C30H39NO5Si. The van der Waals surface area contributed by atoms with Crippen LogP contribution in [0.25, 0.3) is 0 Å². The predicted octanol–water partition coefficient (Wildman–Crippen LogP) is 5.98. The number of amides is 2. The number of hydrogen-bond donors (Lipinski definition) is 0. The molecule has 1 aliphatic heterocycles. The fourth-order valence-electron chi connectivity index (χ4n) is 4.91. The average Bonchev–Trinajstić information content (AvgIpc) is 3.13. The number of rotatable bonds is 9. The number of imide groups is 1. The normalized spacial score (nSPS) is 22.8. The highest BCUT2D eigenvalue weighted by atomic mass is 28.4. The van der Waals surface area contributed by atoms with Gasteiger partial charge in [0.05, 0.1) is 44.0 Å². The van der Waals surface area contributed by atoms with E-state index in [4.69, 9.17) is 13.9 Å². The number of carbonyl (C=O) groups is 2. The van der Waals surface area contributed by atoms with Gasteiger partial charge in [-0.25, -0.2) is 0 Å². The number of para-hydroxylation sites is 1. The Labute approximate surface area is 221 Å². The van der Waals surface area contributed by atoms with Gasteiger partial charge >= 0.3 is 0 Å². The summed E-state index contributed by atoms with van der Waals surface area (Å²) in [5.41, 5.74) is 1.66. The summed E-state index contributed by atoms with van der Waals surface area (Å²) in [4.78, 5) is 28.5. The Bertz CT molecular complexity index is 1120. The van der Waals surface area contributed by atoms with Gasteiger partial charge in [-0.1, -0.05) is 63.3 Å². The Morgan fingerprint density at radius 2 is 1.68 bits per heavy atom. The summed E-state index contributed by atoms with van der Waals surface area (Å²) in [6.45, 7) is 11.8. The zero-order valence-electron chi connectivity index (χ0n) is 22.8. The van der Waals surface area contributed by atoms with E-state index in [0.717, 1.165) is 11.3 Å². The molecule has 0 unspecified atom stereocenters. The molecule has 7 heteroatoms. The van der Waals surface area contributed by atoms with E-state index >= 15 is 0 Å². The molecule has 2 aliphatic rings. The highest BCUT2D eigenvalue weighted by molar-refractivity contribution is 6.74. The first kappa shape index (κ1) is 27.3. The summed E-state index contributed by atoms with van der Waals surface area (Å²) in [6.07, 6.45) is 4.34. The number of fused-ring (bicyclic) bond motifs is 1. The predicted molar refractivity (Wildman–Crippen MR) is 148 cm³/mol. The monoisotopic (exact) mass is 521 g/mol. The molecule has 0 spiro atoms. The molecule has 4 atom stereocenters. The van der Waals surface area contributed by atoms with Crippen LogP contribution in [-0.2, 0) is 25.4 Å². The van der Waals surface area contributed by atoms with Crippen molar-refractivity contribution in [3.8, 4) is 5.75 Å². The second-order valence-corrected chi connectivity index (χ2v) is 16.3. The minimum Gasteiger partial charge on any atom is -0.497 e. The largest absolute Gasteiger partial charge is 0.497 e. The second-order valence-electron chi connectivity index (χ2n) is 11.5. The van der Waals surface area contributed by atoms with Crippen LogP contribution >= 0.6 is 0 Å². The maximum absolute atomic E-state index is 13.8. The molecule has 2 aromatic rings. The molecule has 6 nitrogen and oxygen atoms in total. The number of carbonyl (C=O) groups excluding carboxylic acids is 2. The average molecular weight is 522 g/mol. The van der Waals surface area contributed by atoms with Crippen LogP contribution in [-0.4, -0.2) is 40.0 Å². The smallest absolute Gasteiger partial charge is 0.238 e. The van der Waals surface area contributed by atoms with Gasteiger partial charge in [-0.3, -0.25) is 14.5 Å². The highest BCUT2D eigenvalue weighted by Gasteiger charge is 2.54. The first-order chi connectivity index (χ1) is 17.5. The highest BCUT2D eigenvalue weighted by Crippen LogP contribution is 2.45. The lowest BCUT2D eigenvalue weighted by atomic mass is 9.75. The standard InChI is InChI=1S/C30H39NO5Si/c1-30(2,3)37(5,6)36-26(20-35-19-21-15-17-23(34-4)18-16-21)24-13-10-14-25-27(24)29(33)31(28(25)32)22-11-8-7-9-12-22/h7-13,15-18,24-27H,14,19-20H2,1-6H3/t24-,25-,26+,27+/m1/s1. The molecule has 198 valence electrons. The van der Waals surface area contributed by atoms with Crippen LogP contribution in [0.5, 0.6) is 5.75 Å². The molecule has 2 aromatic carbocycles. The Hall–Kier alpha value is -2.74. The van der Waals surface area contributed by atoms with E-state index in [2.05, 4.69) is 39.9 Å². The fourth-order valence-corrected chi connectivity index (χ4v) is 6.25. The number of ether oxygens (including phenoxy) is 2. The van der Waals surface area contributed by atoms with E-state index in [1.165, 1.54) is 4.90 Å². The summed E-state index contributed by atoms with van der Waals surface area (Å²) in [5, 5.41) is -0.00933. The van der Waals surface area contributed by atoms with Crippen LogP contribution < -0.4 is 9.64 Å². The Morgan fingerprint density at radius 1 is 1.00 bits per heavy atom. The molecule has 0 aromatic heterocycles. The van der Waals surface area contributed by atoms with E-state index in [-0.39, 0.29) is 34.8 Å². The Morgan fingerprint density at radius 3 is 2.30 bits per heavy atom. The Kier molecular flexibility index (Phi) is 8.07. The van der Waals surface area contributed by atoms with Crippen molar-refractivity contribution in [2.24, 2.45) is 17.8 Å². The van der Waals surface area contributed by atoms with Gasteiger partial charge in [0.2, 0.25) is 11.8 Å². The lowest BCUT2D eigenvalue weighted by molar-refractivity contribution is -0.124. The Balaban J connectivity index is 1.58. The minimum atomic E-state index is -2.20. The van der Waals surface area contributed by atoms with E-state index in [1.807, 2.05) is 60.7 Å². The molecule has 0 saturated carbocycles. The van der Waals surface area contributed by atoms with Crippen molar-refractivity contribution >= 4 is 25.8 Å². The summed E-state index contributed by atoms with van der Waals surface area (Å²) in [5.74, 6) is -0.551. The van der Waals surface area contributed by atoms with Gasteiger partial charge in [0, 0.05) is 5.92 Å². The van der Waals surface area contributed by atoms with E-state index in [9.17, 15) is 9.59 Å². The van der Waals surface area contributed by atoms with Crippen LogP contribution in [0.2, 0.25) is 18.1 Å². The van der Waals surface area contributed by atoms with Crippen molar-refractivity contribution in [1.29, 1.82) is 0 Å². The SMILES string of the molecule is COc1ccc(COC[C@H](O[Si](C)(C)C(C)(C)C)[C@H]2C=CC[C@H]3C(=O)N(c4ccccc4)C(=O)[C@@H]23)cc1. The van der Waals surface area contributed by atoms with Gasteiger partial charge in [-0.15, -0.1) is 0 Å². The van der Waals surface area contributed by atoms with Crippen molar-refractivity contribution in [1.82, 2.24) is 0 Å². The molecule has 37 heavy (non-hydrogen) atoms. The fraction of sp³-hybridized carbons (Fsp3) is 0.467. The first-order valence-corrected chi connectivity index (χ1v) is 15.9. The van der Waals surface area contributed by atoms with Crippen LogP contribution in [0.3, 0.4) is 0 Å². The third-order valence-corrected chi connectivity index (χ3v) is 12.5. The van der Waals surface area contributed by atoms with Crippen molar-refractivity contribution in [2.75, 3.05) is 18.6 Å². The van der Waals surface area contributed by atoms with Gasteiger partial charge in [0.15, 0.2) is 8.32 Å². The second kappa shape index (κ2) is 10.9. The van der Waals surface area contributed by atoms with Gasteiger partial charge in [-0.2, -0.15) is 0 Å². The van der Waals surface area contributed by atoms with E-state index < -0.39 is 14.2 Å². The molecule has 1 fully saturated rings. The molecule has 4 rings (SSSR count). The lowest BCUT2D eigenvalue weighted by Gasteiger charge is -2.42. The van der Waals surface area contributed by atoms with Crippen molar-refractivity contribution < 1.29 is 23.5 Å². The number of anilines is 1. The van der Waals surface area contributed by atoms with E-state index in [0.29, 0.717) is 25.3 Å². The molecule has 0 N–H and O–H groups in total. The van der Waals surface area contributed by atoms with Crippen molar-refractivity contribution in [3.05, 3.63) is 72.3 Å². The van der Waals surface area contributed by atoms with E-state index in [1.54, 1.807) is 7.11 Å². The first-order valence-electron chi connectivity index (χ1n) is 13.0. The summed E-state index contributed by atoms with van der Waals surface area (Å²) >= 11 is 0. The molecule has 1 saturated heterocycles. The summed E-state index contributed by atoms with van der Waals surface area (Å²) in [7, 11) is -0.552. The molecule has 0 bridgehead atoms. The molecule has 2 amide bonds. The summed E-state index contributed by atoms with van der Waals surface area (Å²) < 4.78 is 18.4. The molecule has 0 radical (unpaired) electrons. The lowest BCUT2D eigenvalue weighted by Crippen LogP contribution is -2.49. The number of hydrogen-bond acceptors (Lipinski definition) is 5. The number of allylic oxidation sites excluding steroid dienone is 1. The van der Waals surface area contributed by atoms with Crippen molar-refractivity contribution in [2.45, 2.75) is 58.0 Å². The van der Waals surface area contributed by atoms with Crippen LogP contribution in [0.15, 0.2) is 66.7 Å². The van der Waals surface area contributed by atoms with Crippen LogP contribution in [0.4, 0.5) is 5.69 Å². The maximum Gasteiger partial charge on any atom is 0.238 e. The van der Waals surface area contributed by atoms with Gasteiger partial charge < -0.3 is 13.9 Å². The quantitative estimate of drug-likeness (QED) is 0.231. The van der Waals surface area contributed by atoms with Crippen LogP contribution in [0, 0.1) is 17.8 Å². The van der Waals surface area contributed by atoms with Gasteiger partial charge in [0.1, 0.15) is 5.75 Å². The molecular weight excluding hydrogens is 482 g/mol. The zero-order valence-corrected chi connectivity index (χ0v) is 23.8. The molecule has 1 aliphatic carbocycles.